The molecule has 5 rings (SSSR count). The van der Waals surface area contributed by atoms with Gasteiger partial charge in [-0.1, -0.05) is 55.5 Å². The minimum atomic E-state index is -0.999. The van der Waals surface area contributed by atoms with E-state index < -0.39 is 5.97 Å². The molecule has 4 aromatic rings. The monoisotopic (exact) mass is 456 g/mol. The standard InChI is InChI=1S/C26H24N4O2S/c1-15(2)18-12-13-20(27-24(18)25(31)32)17-11-10-16-6-5-8-21(19(16)14-17)29-30-26-28-22-7-3-4-9-23(22)33-26/h3-4,7,9-15H,5-6,8H2,1-2H3,(H,28,30)(H,31,32)/b29-21+. The lowest BCUT2D eigenvalue weighted by Crippen LogP contribution is -2.14. The van der Waals surface area contributed by atoms with Crippen LogP contribution in [0.5, 0.6) is 0 Å². The van der Waals surface area contributed by atoms with Gasteiger partial charge < -0.3 is 5.11 Å². The van der Waals surface area contributed by atoms with Crippen molar-refractivity contribution in [3.05, 3.63) is 77.0 Å². The van der Waals surface area contributed by atoms with Crippen molar-refractivity contribution in [1.82, 2.24) is 9.97 Å². The van der Waals surface area contributed by atoms with E-state index in [4.69, 9.17) is 5.10 Å². The summed E-state index contributed by atoms with van der Waals surface area (Å²) in [5.41, 5.74) is 9.82. The van der Waals surface area contributed by atoms with E-state index in [2.05, 4.69) is 33.6 Å². The van der Waals surface area contributed by atoms with Crippen molar-refractivity contribution >= 4 is 38.4 Å². The van der Waals surface area contributed by atoms with Crippen LogP contribution >= 0.6 is 11.3 Å². The lowest BCUT2D eigenvalue weighted by molar-refractivity contribution is 0.0689. The lowest BCUT2D eigenvalue weighted by Gasteiger charge is -2.19. The number of nitrogens with one attached hydrogen (secondary N) is 1. The van der Waals surface area contributed by atoms with E-state index in [-0.39, 0.29) is 11.6 Å². The third-order valence-electron chi connectivity index (χ3n) is 5.91. The van der Waals surface area contributed by atoms with Crippen LogP contribution in [0.25, 0.3) is 21.5 Å². The van der Waals surface area contributed by atoms with Gasteiger partial charge in [-0.15, -0.1) is 0 Å². The molecule has 166 valence electrons. The molecule has 0 aliphatic heterocycles. The number of benzene rings is 2. The Labute approximate surface area is 196 Å². The molecule has 0 saturated heterocycles. The number of aromatic nitrogens is 2. The van der Waals surface area contributed by atoms with E-state index in [9.17, 15) is 9.90 Å². The smallest absolute Gasteiger partial charge is 0.354 e. The molecule has 2 heterocycles. The first-order valence-electron chi connectivity index (χ1n) is 11.1. The fraction of sp³-hybridized carbons (Fsp3) is 0.231. The van der Waals surface area contributed by atoms with Crippen LogP contribution in [-0.4, -0.2) is 26.8 Å². The molecule has 0 unspecified atom stereocenters. The number of fused-ring (bicyclic) bond motifs is 2. The summed E-state index contributed by atoms with van der Waals surface area (Å²) in [6.07, 6.45) is 2.90. The minimum Gasteiger partial charge on any atom is -0.477 e. The van der Waals surface area contributed by atoms with Crippen molar-refractivity contribution in [3.8, 4) is 11.3 Å². The number of hydrogen-bond donors (Lipinski definition) is 2. The normalized spacial score (nSPS) is 14.6. The number of hydrazone groups is 1. The van der Waals surface area contributed by atoms with E-state index in [1.807, 2.05) is 50.2 Å². The van der Waals surface area contributed by atoms with Gasteiger partial charge in [0, 0.05) is 11.1 Å². The summed E-state index contributed by atoms with van der Waals surface area (Å²) in [4.78, 5) is 20.9. The summed E-state index contributed by atoms with van der Waals surface area (Å²) in [5, 5.41) is 15.1. The van der Waals surface area contributed by atoms with Gasteiger partial charge in [0.25, 0.3) is 0 Å². The summed E-state index contributed by atoms with van der Waals surface area (Å²) in [5.74, 6) is -0.908. The number of thiazole rings is 1. The molecule has 2 aromatic carbocycles. The van der Waals surface area contributed by atoms with Gasteiger partial charge in [-0.25, -0.2) is 14.8 Å². The zero-order chi connectivity index (χ0) is 22.9. The van der Waals surface area contributed by atoms with Crippen LogP contribution in [0.15, 0.2) is 59.7 Å². The van der Waals surface area contributed by atoms with Crippen molar-refractivity contribution in [3.63, 3.8) is 0 Å². The topological polar surface area (TPSA) is 87.5 Å². The molecule has 6 nitrogen and oxygen atoms in total. The van der Waals surface area contributed by atoms with Crippen molar-refractivity contribution in [1.29, 1.82) is 0 Å². The number of para-hydroxylation sites is 1. The molecule has 0 radical (unpaired) electrons. The second-order valence-corrected chi connectivity index (χ2v) is 9.51. The number of rotatable bonds is 5. The van der Waals surface area contributed by atoms with Crippen molar-refractivity contribution in [2.24, 2.45) is 5.10 Å². The van der Waals surface area contributed by atoms with Crippen molar-refractivity contribution < 1.29 is 9.90 Å². The fourth-order valence-corrected chi connectivity index (χ4v) is 5.03. The highest BCUT2D eigenvalue weighted by Gasteiger charge is 2.19. The predicted molar refractivity (Wildman–Crippen MR) is 133 cm³/mol. The Bertz CT molecular complexity index is 1360. The summed E-state index contributed by atoms with van der Waals surface area (Å²) in [6, 6.07) is 18.0. The number of carboxylic acids is 1. The van der Waals surface area contributed by atoms with Gasteiger partial charge in [-0.2, -0.15) is 5.10 Å². The van der Waals surface area contributed by atoms with Crippen LogP contribution in [0.1, 0.15) is 59.8 Å². The first-order chi connectivity index (χ1) is 16.0. The van der Waals surface area contributed by atoms with E-state index in [1.165, 1.54) is 5.56 Å². The number of nitrogens with zero attached hydrogens (tertiary/aromatic N) is 3. The second-order valence-electron chi connectivity index (χ2n) is 8.48. The second kappa shape index (κ2) is 8.75. The number of aromatic carboxylic acids is 1. The van der Waals surface area contributed by atoms with Gasteiger partial charge in [0.15, 0.2) is 5.69 Å². The van der Waals surface area contributed by atoms with Gasteiger partial charge in [0.1, 0.15) is 0 Å². The van der Waals surface area contributed by atoms with Crippen LogP contribution in [0.4, 0.5) is 5.13 Å². The number of carbonyl (C=O) groups is 1. The van der Waals surface area contributed by atoms with Crippen LogP contribution in [0.2, 0.25) is 0 Å². The molecule has 0 saturated carbocycles. The van der Waals surface area contributed by atoms with Gasteiger partial charge >= 0.3 is 5.97 Å². The highest BCUT2D eigenvalue weighted by Crippen LogP contribution is 2.30. The molecule has 1 aliphatic rings. The van der Waals surface area contributed by atoms with E-state index in [1.54, 1.807) is 11.3 Å². The van der Waals surface area contributed by atoms with Crippen molar-refractivity contribution in [2.45, 2.75) is 39.0 Å². The Morgan fingerprint density at radius 1 is 1.09 bits per heavy atom. The third-order valence-corrected chi connectivity index (χ3v) is 6.85. The quantitative estimate of drug-likeness (QED) is 0.343. The molecular weight excluding hydrogens is 432 g/mol. The number of aryl methyl sites for hydroxylation is 1. The SMILES string of the molecule is CC(C)c1ccc(-c2ccc3c(c2)/C(=N/Nc2nc4ccccc4s2)CCC3)nc1C(=O)O. The first kappa shape index (κ1) is 21.3. The summed E-state index contributed by atoms with van der Waals surface area (Å²) >= 11 is 1.58. The highest BCUT2D eigenvalue weighted by atomic mass is 32.1. The zero-order valence-electron chi connectivity index (χ0n) is 18.5. The number of pyridine rings is 1. The largest absolute Gasteiger partial charge is 0.477 e. The highest BCUT2D eigenvalue weighted by molar-refractivity contribution is 7.22. The maximum Gasteiger partial charge on any atom is 0.354 e. The molecule has 0 spiro atoms. The molecule has 7 heteroatoms. The lowest BCUT2D eigenvalue weighted by atomic mass is 9.88. The molecule has 33 heavy (non-hydrogen) atoms. The third kappa shape index (κ3) is 4.24. The minimum absolute atomic E-state index is 0.0912. The summed E-state index contributed by atoms with van der Waals surface area (Å²) in [7, 11) is 0. The molecule has 0 atom stereocenters. The van der Waals surface area contributed by atoms with Crippen LogP contribution < -0.4 is 5.43 Å². The van der Waals surface area contributed by atoms with Gasteiger partial charge in [-0.3, -0.25) is 5.43 Å². The zero-order valence-corrected chi connectivity index (χ0v) is 19.3. The number of anilines is 1. The predicted octanol–water partition coefficient (Wildman–Crippen LogP) is 6.33. The number of carboxylic acid groups (broad SMARTS) is 1. The van der Waals surface area contributed by atoms with Gasteiger partial charge in [0.05, 0.1) is 21.6 Å². The molecule has 1 aliphatic carbocycles. The Balaban J connectivity index is 1.49. The Morgan fingerprint density at radius 3 is 2.73 bits per heavy atom. The molecule has 2 aromatic heterocycles. The summed E-state index contributed by atoms with van der Waals surface area (Å²) in [6.45, 7) is 3.95. The Kier molecular flexibility index (Phi) is 5.64. The van der Waals surface area contributed by atoms with E-state index >= 15 is 0 Å². The molecule has 2 N–H and O–H groups in total. The van der Waals surface area contributed by atoms with Gasteiger partial charge in [0.2, 0.25) is 5.13 Å². The molecule has 0 fully saturated rings. The molecular formula is C26H24N4O2S. The van der Waals surface area contributed by atoms with E-state index in [0.29, 0.717) is 5.69 Å². The number of hydrogen-bond acceptors (Lipinski definition) is 6. The molecule has 0 bridgehead atoms. The van der Waals surface area contributed by atoms with Crippen LogP contribution in [-0.2, 0) is 6.42 Å². The molecule has 0 amide bonds. The maximum atomic E-state index is 11.8. The van der Waals surface area contributed by atoms with Crippen molar-refractivity contribution in [2.75, 3.05) is 5.43 Å². The average molecular weight is 457 g/mol. The maximum absolute atomic E-state index is 11.8. The van der Waals surface area contributed by atoms with E-state index in [0.717, 1.165) is 57.0 Å². The van der Waals surface area contributed by atoms with Gasteiger partial charge in [-0.05, 0) is 60.6 Å². The van der Waals surface area contributed by atoms with Crippen LogP contribution in [0.3, 0.4) is 0 Å². The van der Waals surface area contributed by atoms with Crippen LogP contribution in [0, 0.1) is 0 Å². The Morgan fingerprint density at radius 2 is 1.94 bits per heavy atom. The Hall–Kier alpha value is -3.58. The fourth-order valence-electron chi connectivity index (χ4n) is 4.22. The average Bonchev–Trinajstić information content (AvgIpc) is 3.25. The first-order valence-corrected chi connectivity index (χ1v) is 11.9. The summed E-state index contributed by atoms with van der Waals surface area (Å²) < 4.78 is 1.12.